The first kappa shape index (κ1) is 25.5. The van der Waals surface area contributed by atoms with Gasteiger partial charge in [0.25, 0.3) is 0 Å². The molecule has 2 rings (SSSR count). The van der Waals surface area contributed by atoms with Gasteiger partial charge in [-0.1, -0.05) is 41.5 Å². The molecule has 2 aliphatic rings. The molecule has 2 bridgehead atoms. The van der Waals surface area contributed by atoms with Crippen LogP contribution in [0.15, 0.2) is 12.2 Å². The van der Waals surface area contributed by atoms with Gasteiger partial charge in [0.15, 0.2) is 0 Å². The van der Waals surface area contributed by atoms with Gasteiger partial charge in [0.05, 0.1) is 25.0 Å². The van der Waals surface area contributed by atoms with E-state index >= 15 is 0 Å². The first-order valence-electron chi connectivity index (χ1n) is 10.4. The fraction of sp³-hybridized carbons (Fsp3) is 0.700. The van der Waals surface area contributed by atoms with Gasteiger partial charge in [-0.3, -0.25) is 19.2 Å². The quantitative estimate of drug-likeness (QED) is 0.246. The number of carbonyl (C=O) groups is 4. The van der Waals surface area contributed by atoms with E-state index in [1.807, 2.05) is 19.9 Å². The summed E-state index contributed by atoms with van der Waals surface area (Å²) in [6, 6.07) is -2.44. The van der Waals surface area contributed by atoms with Crippen molar-refractivity contribution < 1.29 is 29.0 Å². The minimum Gasteiger partial charge on any atom is -0.457 e. The number of allylic oxidation sites excluding steroid dienone is 1. The maximum Gasteiger partial charge on any atom is 0.309 e. The van der Waals surface area contributed by atoms with Crippen molar-refractivity contribution >= 4 is 45.3 Å². The van der Waals surface area contributed by atoms with Crippen molar-refractivity contribution in [3.8, 4) is 0 Å². The number of hydrogen-bond donors (Lipinski definition) is 4. The van der Waals surface area contributed by atoms with E-state index in [9.17, 15) is 24.3 Å². The number of aliphatic hydroxyl groups is 1. The molecule has 0 radical (unpaired) electrons. The zero-order valence-corrected chi connectivity index (χ0v) is 19.6. The Morgan fingerprint density at radius 3 is 2.52 bits per heavy atom. The molecule has 4 N–H and O–H groups in total. The smallest absolute Gasteiger partial charge is 0.309 e. The summed E-state index contributed by atoms with van der Waals surface area (Å²) in [7, 11) is 3.02. The summed E-state index contributed by atoms with van der Waals surface area (Å²) in [4.78, 5) is 50.4. The van der Waals surface area contributed by atoms with Crippen LogP contribution in [-0.2, 0) is 23.9 Å². The van der Waals surface area contributed by atoms with Crippen LogP contribution in [0.1, 0.15) is 40.0 Å². The van der Waals surface area contributed by atoms with Crippen molar-refractivity contribution in [3.05, 3.63) is 12.2 Å². The standard InChI is InChI=1S/C20H31N3O6S2/c1-11(2)18-15(24)9-17(26)29-13-6-4-5-7-30-31-10-14(20(28)23-18)22-19(27)12(3)21-16(25)8-13/h4,6,11-15,18,24H,5,7-10H2,1-3H3,(H,21,25)(H,22,27)(H,23,28)/b6-4+/t12?,13-,14?,15+,18?/m1/s1. The molecule has 1 fully saturated rings. The molecule has 3 unspecified atom stereocenters. The van der Waals surface area contributed by atoms with Crippen LogP contribution in [0.2, 0.25) is 0 Å². The molecule has 0 spiro atoms. The molecule has 174 valence electrons. The molecule has 0 aromatic carbocycles. The minimum absolute atomic E-state index is 0.147. The largest absolute Gasteiger partial charge is 0.457 e. The molecule has 2 heterocycles. The monoisotopic (exact) mass is 473 g/mol. The second kappa shape index (κ2) is 12.4. The lowest BCUT2D eigenvalue weighted by molar-refractivity contribution is -0.151. The molecule has 1 saturated heterocycles. The topological polar surface area (TPSA) is 134 Å². The van der Waals surface area contributed by atoms with Crippen LogP contribution < -0.4 is 16.0 Å². The Balaban J connectivity index is 2.41. The highest BCUT2D eigenvalue weighted by Gasteiger charge is 2.32. The molecule has 5 atom stereocenters. The number of carbonyl (C=O) groups excluding carboxylic acids is 4. The lowest BCUT2D eigenvalue weighted by Gasteiger charge is -2.29. The highest BCUT2D eigenvalue weighted by molar-refractivity contribution is 8.76. The summed E-state index contributed by atoms with van der Waals surface area (Å²) >= 11 is 0. The number of nitrogens with one attached hydrogen (secondary N) is 3. The molecule has 11 heteroatoms. The molecule has 2 aliphatic heterocycles. The third-order valence-electron chi connectivity index (χ3n) is 4.93. The Labute approximate surface area is 190 Å². The fourth-order valence-corrected chi connectivity index (χ4v) is 5.36. The molecule has 3 amide bonds. The van der Waals surface area contributed by atoms with Gasteiger partial charge in [-0.05, 0) is 25.3 Å². The fourth-order valence-electron chi connectivity index (χ4n) is 3.20. The van der Waals surface area contributed by atoms with Gasteiger partial charge in [-0.2, -0.15) is 0 Å². The highest BCUT2D eigenvalue weighted by Crippen LogP contribution is 2.24. The van der Waals surface area contributed by atoms with Crippen molar-refractivity contribution in [2.75, 3.05) is 11.5 Å². The second-order valence-corrected chi connectivity index (χ2v) is 10.6. The Morgan fingerprint density at radius 2 is 1.81 bits per heavy atom. The number of ether oxygens (including phenoxy) is 1. The summed E-state index contributed by atoms with van der Waals surface area (Å²) < 4.78 is 5.43. The van der Waals surface area contributed by atoms with E-state index in [4.69, 9.17) is 4.74 Å². The molecule has 0 aromatic heterocycles. The summed E-state index contributed by atoms with van der Waals surface area (Å²) in [5.74, 6) is -1.17. The predicted molar refractivity (Wildman–Crippen MR) is 120 cm³/mol. The predicted octanol–water partition coefficient (Wildman–Crippen LogP) is 0.525. The van der Waals surface area contributed by atoms with E-state index in [1.165, 1.54) is 17.7 Å². The van der Waals surface area contributed by atoms with Crippen LogP contribution >= 0.6 is 21.6 Å². The van der Waals surface area contributed by atoms with Crippen LogP contribution in [0.25, 0.3) is 0 Å². The van der Waals surface area contributed by atoms with Crippen LogP contribution in [0.5, 0.6) is 0 Å². The van der Waals surface area contributed by atoms with Crippen molar-refractivity contribution in [1.82, 2.24) is 16.0 Å². The van der Waals surface area contributed by atoms with E-state index in [0.717, 1.165) is 5.75 Å². The van der Waals surface area contributed by atoms with Gasteiger partial charge in [0.2, 0.25) is 17.7 Å². The molecular weight excluding hydrogens is 442 g/mol. The van der Waals surface area contributed by atoms with Gasteiger partial charge in [0.1, 0.15) is 18.2 Å². The van der Waals surface area contributed by atoms with E-state index in [2.05, 4.69) is 16.0 Å². The average Bonchev–Trinajstić information content (AvgIpc) is 2.68. The van der Waals surface area contributed by atoms with E-state index < -0.39 is 54.0 Å². The maximum absolute atomic E-state index is 13.0. The van der Waals surface area contributed by atoms with Crippen molar-refractivity contribution in [1.29, 1.82) is 0 Å². The average molecular weight is 474 g/mol. The number of esters is 1. The zero-order chi connectivity index (χ0) is 23.0. The van der Waals surface area contributed by atoms with Crippen molar-refractivity contribution in [2.24, 2.45) is 5.92 Å². The van der Waals surface area contributed by atoms with Gasteiger partial charge in [-0.15, -0.1) is 0 Å². The van der Waals surface area contributed by atoms with Crippen LogP contribution in [0.3, 0.4) is 0 Å². The Morgan fingerprint density at radius 1 is 1.06 bits per heavy atom. The van der Waals surface area contributed by atoms with Gasteiger partial charge in [0, 0.05) is 11.5 Å². The maximum atomic E-state index is 13.0. The number of rotatable bonds is 1. The van der Waals surface area contributed by atoms with Crippen molar-refractivity contribution in [2.45, 2.75) is 70.4 Å². The highest BCUT2D eigenvalue weighted by atomic mass is 33.1. The molecule has 31 heavy (non-hydrogen) atoms. The van der Waals surface area contributed by atoms with Crippen LogP contribution in [0.4, 0.5) is 0 Å². The molecule has 0 aliphatic carbocycles. The van der Waals surface area contributed by atoms with Gasteiger partial charge >= 0.3 is 5.97 Å². The van der Waals surface area contributed by atoms with Gasteiger partial charge in [-0.25, -0.2) is 0 Å². The molecule has 9 nitrogen and oxygen atoms in total. The lowest BCUT2D eigenvalue weighted by atomic mass is 9.96. The summed E-state index contributed by atoms with van der Waals surface area (Å²) in [6.45, 7) is 5.17. The Hall–Kier alpha value is -1.72. The molecular formula is C20H31N3O6S2. The zero-order valence-electron chi connectivity index (χ0n) is 18.0. The first-order valence-corrected chi connectivity index (χ1v) is 12.8. The lowest BCUT2D eigenvalue weighted by Crippen LogP contribution is -2.57. The number of aliphatic hydroxyl groups excluding tert-OH is 1. The van der Waals surface area contributed by atoms with Crippen LogP contribution in [-0.4, -0.2) is 70.6 Å². The Bertz CT molecular complexity index is 702. The SMILES string of the molecule is CC1NC(=O)C[C@H]2/C=C/CCSSCC(NC1=O)C(=O)NC(C(C)C)[C@@H](O)CC(=O)O2. The number of hydrogen-bond acceptors (Lipinski definition) is 8. The van der Waals surface area contributed by atoms with Crippen molar-refractivity contribution in [3.63, 3.8) is 0 Å². The summed E-state index contributed by atoms with van der Waals surface area (Å²) in [5, 5.41) is 18.7. The van der Waals surface area contributed by atoms with E-state index in [1.54, 1.807) is 16.9 Å². The summed E-state index contributed by atoms with van der Waals surface area (Å²) in [5.41, 5.74) is 0. The first-order chi connectivity index (χ1) is 14.7. The van der Waals surface area contributed by atoms with Crippen LogP contribution in [0, 0.1) is 5.92 Å². The number of amides is 3. The molecule has 0 saturated carbocycles. The van der Waals surface area contributed by atoms with E-state index in [0.29, 0.717) is 12.2 Å². The normalized spacial score (nSPS) is 33.1. The number of fused-ring (bicyclic) bond motifs is 7. The van der Waals surface area contributed by atoms with Gasteiger partial charge < -0.3 is 25.8 Å². The van der Waals surface area contributed by atoms with E-state index in [-0.39, 0.29) is 18.8 Å². The summed E-state index contributed by atoms with van der Waals surface area (Å²) in [6.07, 6.45) is 1.72. The third-order valence-corrected chi connectivity index (χ3v) is 7.37. The second-order valence-electron chi connectivity index (χ2n) is 7.96. The minimum atomic E-state index is -1.18. The third kappa shape index (κ3) is 8.38. The Kier molecular flexibility index (Phi) is 10.2. The molecule has 0 aromatic rings.